The SMILES string of the molecule is O=C(O)CC[C@H](NC(=O)N[C@@H](CCC(=O)NCCNC(=O)[C@H](Cc1ccc(O)cc1)NC(=O)[C@H](Cc1ccc(O)cc1)NC(=O)CCCCCCN1C(=O)C(Cl)=C(Nc2ccccc2)C1=O)C(=O)O)C(=O)O. The van der Waals surface area contributed by atoms with E-state index in [1.54, 1.807) is 42.5 Å². The molecule has 0 fully saturated rings. The number of imide groups is 1. The number of hydrogen-bond donors (Lipinski definition) is 12. The third-order valence-corrected chi connectivity index (χ3v) is 11.3. The molecule has 3 aromatic rings. The van der Waals surface area contributed by atoms with Gasteiger partial charge in [-0.1, -0.05) is 66.9 Å². The van der Waals surface area contributed by atoms with Crippen molar-refractivity contribution in [1.82, 2.24) is 36.8 Å². The van der Waals surface area contributed by atoms with Crippen LogP contribution in [0.1, 0.15) is 68.9 Å². The lowest BCUT2D eigenvalue weighted by atomic mass is 10.0. The predicted octanol–water partition coefficient (Wildman–Crippen LogP) is 1.82. The average molecular weight is 1020 g/mol. The molecule has 23 nitrogen and oxygen atoms in total. The minimum atomic E-state index is -1.63. The van der Waals surface area contributed by atoms with Crippen LogP contribution in [-0.2, 0) is 56.0 Å². The molecule has 8 amide bonds. The first kappa shape index (κ1) is 56.4. The summed E-state index contributed by atoms with van der Waals surface area (Å²) in [5.74, 6) is -8.19. The maximum absolute atomic E-state index is 14.0. The van der Waals surface area contributed by atoms with Crippen LogP contribution in [0.2, 0.25) is 0 Å². The lowest BCUT2D eigenvalue weighted by molar-refractivity contribution is -0.141. The zero-order valence-electron chi connectivity index (χ0n) is 38.9. The number of hydrogen-bond acceptors (Lipinski definition) is 13. The Labute approximate surface area is 417 Å². The van der Waals surface area contributed by atoms with Crippen LogP contribution in [0, 0.1) is 0 Å². The van der Waals surface area contributed by atoms with Crippen LogP contribution in [0.15, 0.2) is 89.6 Å². The molecule has 1 heterocycles. The summed E-state index contributed by atoms with van der Waals surface area (Å²) < 4.78 is 0. The van der Waals surface area contributed by atoms with Crippen molar-refractivity contribution in [1.29, 1.82) is 0 Å². The number of benzene rings is 3. The second-order valence-corrected chi connectivity index (χ2v) is 16.9. The Hall–Kier alpha value is -8.21. The molecule has 1 aliphatic rings. The van der Waals surface area contributed by atoms with Crippen LogP contribution in [0.3, 0.4) is 0 Å². The Kier molecular flexibility index (Phi) is 22.3. The average Bonchev–Trinajstić information content (AvgIpc) is 3.53. The standard InChI is InChI=1S/C48H57ClN8O15/c49-40-41(52-30-8-4-3-5-9-30)45(67)57(44(40)66)25-7-2-1-6-10-38(61)53-36(27-29-13-17-32(59)18-14-29)43(65)54-35(26-28-11-15-31(58)16-12-28)42(64)51-24-23-50-37(60)21-19-33(46(68)69)55-48(72)56-34(47(70)71)20-22-39(62)63/h3-5,8-9,11-18,33-36,52,58-59H,1-2,6-7,10,19-27H2,(H,50,60)(H,51,64)(H,53,61)(H,54,65)(H,62,63)(H,68,69)(H,70,71)(H2,55,56,72)/t33-,34-,35-,36-/m0/s1. The van der Waals surface area contributed by atoms with Crippen LogP contribution in [0.4, 0.5) is 10.5 Å². The molecule has 0 spiro atoms. The third kappa shape index (κ3) is 18.9. The van der Waals surface area contributed by atoms with E-state index in [4.69, 9.17) is 16.7 Å². The van der Waals surface area contributed by atoms with E-state index < -0.39 is 109 Å². The van der Waals surface area contributed by atoms with E-state index in [1.807, 2.05) is 10.6 Å². The van der Waals surface area contributed by atoms with Gasteiger partial charge in [-0.3, -0.25) is 38.5 Å². The molecule has 24 heteroatoms. The third-order valence-electron chi connectivity index (χ3n) is 11.0. The van der Waals surface area contributed by atoms with Gasteiger partial charge < -0.3 is 62.8 Å². The number of carboxylic acids is 3. The fourth-order valence-corrected chi connectivity index (χ4v) is 7.37. The minimum Gasteiger partial charge on any atom is -0.508 e. The number of para-hydroxylation sites is 1. The van der Waals surface area contributed by atoms with Crippen LogP contribution in [0.5, 0.6) is 11.5 Å². The Bertz CT molecular complexity index is 2460. The summed E-state index contributed by atoms with van der Waals surface area (Å²) in [6.07, 6.45) is -0.0689. The number of anilines is 1. The van der Waals surface area contributed by atoms with Crippen molar-refractivity contribution in [3.63, 3.8) is 0 Å². The minimum absolute atomic E-state index is 0.00874. The molecule has 12 N–H and O–H groups in total. The zero-order valence-corrected chi connectivity index (χ0v) is 39.6. The van der Waals surface area contributed by atoms with Crippen LogP contribution in [0.25, 0.3) is 0 Å². The molecule has 0 saturated carbocycles. The number of aliphatic carboxylic acids is 3. The highest BCUT2D eigenvalue weighted by molar-refractivity contribution is 6.48. The molecule has 3 aromatic carbocycles. The molecular formula is C48H57ClN8O15. The summed E-state index contributed by atoms with van der Waals surface area (Å²) in [7, 11) is 0. The molecule has 0 unspecified atom stereocenters. The van der Waals surface area contributed by atoms with E-state index >= 15 is 0 Å². The topological polar surface area (TPSA) is 359 Å². The highest BCUT2D eigenvalue weighted by atomic mass is 35.5. The second kappa shape index (κ2) is 28.5. The number of phenolic OH excluding ortho intramolecular Hbond substituents is 2. The summed E-state index contributed by atoms with van der Waals surface area (Å²) >= 11 is 6.20. The Morgan fingerprint density at radius 3 is 1.62 bits per heavy atom. The van der Waals surface area contributed by atoms with Gasteiger partial charge in [0.15, 0.2) is 0 Å². The Balaban J connectivity index is 1.30. The number of carbonyl (C=O) groups excluding carboxylic acids is 7. The maximum Gasteiger partial charge on any atom is 0.326 e. The van der Waals surface area contributed by atoms with Gasteiger partial charge in [-0.05, 0) is 73.2 Å². The highest BCUT2D eigenvalue weighted by Crippen LogP contribution is 2.26. The number of carboxylic acid groups (broad SMARTS) is 3. The van der Waals surface area contributed by atoms with Gasteiger partial charge in [0.1, 0.15) is 46.4 Å². The van der Waals surface area contributed by atoms with Crippen molar-refractivity contribution < 1.29 is 73.5 Å². The monoisotopic (exact) mass is 1020 g/mol. The number of urea groups is 1. The van der Waals surface area contributed by atoms with Gasteiger partial charge in [-0.15, -0.1) is 0 Å². The maximum atomic E-state index is 14.0. The summed E-state index contributed by atoms with van der Waals surface area (Å²) in [5, 5.41) is 64.6. The summed E-state index contributed by atoms with van der Waals surface area (Å²) in [5.41, 5.74) is 1.69. The normalized spacial score (nSPS) is 13.8. The van der Waals surface area contributed by atoms with Crippen molar-refractivity contribution >= 4 is 76.7 Å². The van der Waals surface area contributed by atoms with E-state index in [9.17, 15) is 68.4 Å². The fraction of sp³-hybridized carbons (Fsp3) is 0.375. The zero-order chi connectivity index (χ0) is 52.7. The quantitative estimate of drug-likeness (QED) is 0.0335. The van der Waals surface area contributed by atoms with E-state index in [2.05, 4.69) is 26.6 Å². The van der Waals surface area contributed by atoms with Gasteiger partial charge in [-0.25, -0.2) is 14.4 Å². The van der Waals surface area contributed by atoms with Gasteiger partial charge in [0, 0.05) is 57.4 Å². The van der Waals surface area contributed by atoms with Gasteiger partial charge in [0.2, 0.25) is 23.6 Å². The van der Waals surface area contributed by atoms with Crippen LogP contribution < -0.4 is 37.2 Å². The molecule has 1 aliphatic heterocycles. The number of unbranched alkanes of at least 4 members (excludes halogenated alkanes) is 3. The van der Waals surface area contributed by atoms with Crippen molar-refractivity contribution in [3.8, 4) is 11.5 Å². The van der Waals surface area contributed by atoms with Crippen molar-refractivity contribution in [2.75, 3.05) is 25.0 Å². The number of rotatable bonds is 30. The van der Waals surface area contributed by atoms with Gasteiger partial charge in [0.05, 0.1) is 0 Å². The first-order chi connectivity index (χ1) is 34.3. The van der Waals surface area contributed by atoms with E-state index in [0.717, 1.165) is 4.90 Å². The molecule has 4 rings (SSSR count). The van der Waals surface area contributed by atoms with Crippen LogP contribution >= 0.6 is 11.6 Å². The first-order valence-electron chi connectivity index (χ1n) is 22.8. The van der Waals surface area contributed by atoms with Gasteiger partial charge >= 0.3 is 23.9 Å². The molecule has 0 saturated heterocycles. The molecule has 4 atom stereocenters. The lowest BCUT2D eigenvalue weighted by Crippen LogP contribution is -2.55. The smallest absolute Gasteiger partial charge is 0.326 e. The molecular weight excluding hydrogens is 964 g/mol. The Morgan fingerprint density at radius 2 is 1.07 bits per heavy atom. The molecule has 0 bridgehead atoms. The van der Waals surface area contributed by atoms with Crippen molar-refractivity contribution in [2.24, 2.45) is 0 Å². The summed E-state index contributed by atoms with van der Waals surface area (Å²) in [6, 6.07) is 13.7. The van der Waals surface area contributed by atoms with E-state index in [1.165, 1.54) is 36.4 Å². The predicted molar refractivity (Wildman–Crippen MR) is 257 cm³/mol. The molecule has 72 heavy (non-hydrogen) atoms. The fourth-order valence-electron chi connectivity index (χ4n) is 7.14. The van der Waals surface area contributed by atoms with E-state index in [0.29, 0.717) is 42.5 Å². The second-order valence-electron chi connectivity index (χ2n) is 16.5. The van der Waals surface area contributed by atoms with Gasteiger partial charge in [-0.2, -0.15) is 0 Å². The number of amides is 8. The number of halogens is 1. The number of phenols is 2. The number of carbonyl (C=O) groups is 10. The Morgan fingerprint density at radius 1 is 0.542 bits per heavy atom. The molecule has 0 aliphatic carbocycles. The lowest BCUT2D eigenvalue weighted by Gasteiger charge is -2.24. The van der Waals surface area contributed by atoms with Crippen molar-refractivity contribution in [2.45, 2.75) is 94.8 Å². The number of aromatic hydroxyl groups is 2. The number of nitrogens with one attached hydrogen (secondary N) is 7. The molecule has 386 valence electrons. The molecule has 0 radical (unpaired) electrons. The molecule has 0 aromatic heterocycles. The summed E-state index contributed by atoms with van der Waals surface area (Å²) in [6.45, 7) is -0.218. The number of nitrogens with zero attached hydrogens (tertiary/aromatic N) is 1. The first-order valence-corrected chi connectivity index (χ1v) is 23.2. The van der Waals surface area contributed by atoms with E-state index in [-0.39, 0.29) is 61.1 Å². The van der Waals surface area contributed by atoms with Crippen LogP contribution in [-0.4, -0.2) is 134 Å². The largest absolute Gasteiger partial charge is 0.508 e. The highest BCUT2D eigenvalue weighted by Gasteiger charge is 2.37. The van der Waals surface area contributed by atoms with Gasteiger partial charge in [0.25, 0.3) is 11.8 Å². The van der Waals surface area contributed by atoms with Crippen molar-refractivity contribution in [3.05, 3.63) is 101 Å². The summed E-state index contributed by atoms with van der Waals surface area (Å²) in [4.78, 5) is 127.